The number of hydrogen-bond donors (Lipinski definition) is 2. The van der Waals surface area contributed by atoms with E-state index in [9.17, 15) is 9.18 Å². The van der Waals surface area contributed by atoms with E-state index >= 15 is 0 Å². The topological polar surface area (TPSA) is 57.3 Å². The number of nitrogens with zero attached hydrogens (tertiary/aromatic N) is 2. The van der Waals surface area contributed by atoms with Crippen molar-refractivity contribution in [3.63, 3.8) is 0 Å². The summed E-state index contributed by atoms with van der Waals surface area (Å²) in [5.74, 6) is -0.617. The van der Waals surface area contributed by atoms with Crippen molar-refractivity contribution in [1.29, 1.82) is 0 Å². The van der Waals surface area contributed by atoms with Gasteiger partial charge in [0.15, 0.2) is 0 Å². The van der Waals surface area contributed by atoms with Gasteiger partial charge in [-0.05, 0) is 54.6 Å². The van der Waals surface area contributed by atoms with E-state index in [1.165, 1.54) is 12.1 Å². The number of hydrogen-bond acceptors (Lipinski definition) is 4. The molecule has 5 nitrogen and oxygen atoms in total. The average Bonchev–Trinajstić information content (AvgIpc) is 3.06. The van der Waals surface area contributed by atoms with Crippen LogP contribution in [0.4, 0.5) is 21.5 Å². The number of nitrogens with one attached hydrogen (secondary N) is 2. The predicted molar refractivity (Wildman–Crippen MR) is 114 cm³/mol. The van der Waals surface area contributed by atoms with Crippen LogP contribution in [0.2, 0.25) is 0 Å². The molecule has 2 aromatic carbocycles. The third-order valence-electron chi connectivity index (χ3n) is 4.89. The summed E-state index contributed by atoms with van der Waals surface area (Å²) in [5, 5.41) is 5.86. The normalized spacial score (nSPS) is 13.9. The summed E-state index contributed by atoms with van der Waals surface area (Å²) in [6, 6.07) is 18.1. The number of carbonyl (C=O) groups excluding carboxylic acids is 1. The van der Waals surface area contributed by atoms with Crippen molar-refractivity contribution >= 4 is 28.5 Å². The molecule has 0 bridgehead atoms. The SMILES string of the molecule is CN(CCc1ccccn1)c1ccc(N/C=C2\C(=O)Nc3ccc(F)cc32)cc1. The van der Waals surface area contributed by atoms with Gasteiger partial charge < -0.3 is 15.5 Å². The van der Waals surface area contributed by atoms with Crippen molar-refractivity contribution in [3.8, 4) is 0 Å². The lowest BCUT2D eigenvalue weighted by atomic mass is 10.1. The smallest absolute Gasteiger partial charge is 0.257 e. The standard InChI is InChI=1S/C23H21FN4O/c1-28(13-11-17-4-2-3-12-25-17)19-8-6-18(7-9-19)26-15-21-20-14-16(24)5-10-22(20)27-23(21)29/h2-10,12,14-15,26H,11,13H2,1H3,(H,27,29)/b21-15-. The van der Waals surface area contributed by atoms with Crippen LogP contribution in [0.15, 0.2) is 73.1 Å². The summed E-state index contributed by atoms with van der Waals surface area (Å²) in [6.45, 7) is 0.857. The zero-order valence-corrected chi connectivity index (χ0v) is 16.0. The van der Waals surface area contributed by atoms with Crippen LogP contribution in [0, 0.1) is 5.82 Å². The highest BCUT2D eigenvalue weighted by atomic mass is 19.1. The van der Waals surface area contributed by atoms with Crippen molar-refractivity contribution in [2.75, 3.05) is 29.1 Å². The van der Waals surface area contributed by atoms with Crippen molar-refractivity contribution < 1.29 is 9.18 Å². The molecule has 0 fully saturated rings. The number of aromatic nitrogens is 1. The first-order valence-corrected chi connectivity index (χ1v) is 9.39. The molecular weight excluding hydrogens is 367 g/mol. The van der Waals surface area contributed by atoms with Crippen LogP contribution in [0.25, 0.3) is 5.57 Å². The Labute approximate surface area is 168 Å². The molecule has 1 amide bonds. The number of likely N-dealkylation sites (N-methyl/N-ethyl adjacent to an activating group) is 1. The van der Waals surface area contributed by atoms with Crippen molar-refractivity contribution in [2.45, 2.75) is 6.42 Å². The Kier molecular flexibility index (Phi) is 5.24. The third-order valence-corrected chi connectivity index (χ3v) is 4.89. The molecule has 0 radical (unpaired) electrons. The minimum atomic E-state index is -0.371. The summed E-state index contributed by atoms with van der Waals surface area (Å²) >= 11 is 0. The van der Waals surface area contributed by atoms with Gasteiger partial charge >= 0.3 is 0 Å². The van der Waals surface area contributed by atoms with E-state index in [-0.39, 0.29) is 11.7 Å². The Morgan fingerprint density at radius 1 is 1.14 bits per heavy atom. The van der Waals surface area contributed by atoms with E-state index < -0.39 is 0 Å². The van der Waals surface area contributed by atoms with Crippen LogP contribution < -0.4 is 15.5 Å². The van der Waals surface area contributed by atoms with Gasteiger partial charge in [0.05, 0.1) is 5.57 Å². The molecule has 4 rings (SSSR count). The molecule has 1 aromatic heterocycles. The monoisotopic (exact) mass is 388 g/mol. The van der Waals surface area contributed by atoms with Gasteiger partial charge in [0, 0.05) is 60.7 Å². The molecule has 0 saturated heterocycles. The molecule has 0 spiro atoms. The van der Waals surface area contributed by atoms with Gasteiger partial charge in [-0.1, -0.05) is 6.07 Å². The molecule has 3 aromatic rings. The molecule has 2 heterocycles. The number of fused-ring (bicyclic) bond motifs is 1. The van der Waals surface area contributed by atoms with Crippen LogP contribution in [0.5, 0.6) is 0 Å². The molecule has 146 valence electrons. The minimum absolute atomic E-state index is 0.246. The number of pyridine rings is 1. The summed E-state index contributed by atoms with van der Waals surface area (Å²) < 4.78 is 13.5. The van der Waals surface area contributed by atoms with E-state index in [0.29, 0.717) is 16.8 Å². The number of carbonyl (C=O) groups is 1. The number of anilines is 3. The van der Waals surface area contributed by atoms with Crippen LogP contribution in [-0.2, 0) is 11.2 Å². The van der Waals surface area contributed by atoms with Gasteiger partial charge in [0.1, 0.15) is 5.82 Å². The van der Waals surface area contributed by atoms with Crippen LogP contribution in [-0.4, -0.2) is 24.5 Å². The van der Waals surface area contributed by atoms with Gasteiger partial charge in [-0.2, -0.15) is 0 Å². The molecule has 6 heteroatoms. The maximum atomic E-state index is 13.5. The van der Waals surface area contributed by atoms with E-state index in [1.807, 2.05) is 55.7 Å². The van der Waals surface area contributed by atoms with Gasteiger partial charge in [0.2, 0.25) is 0 Å². The number of amides is 1. The Bertz CT molecular complexity index is 1050. The Balaban J connectivity index is 1.40. The Hall–Kier alpha value is -3.67. The summed E-state index contributed by atoms with van der Waals surface area (Å²) in [7, 11) is 2.04. The zero-order chi connectivity index (χ0) is 20.2. The van der Waals surface area contributed by atoms with Gasteiger partial charge in [-0.25, -0.2) is 4.39 Å². The lowest BCUT2D eigenvalue weighted by Crippen LogP contribution is -2.20. The largest absolute Gasteiger partial charge is 0.374 e. The third kappa shape index (κ3) is 4.27. The van der Waals surface area contributed by atoms with E-state index in [4.69, 9.17) is 0 Å². The first-order chi connectivity index (χ1) is 14.1. The Morgan fingerprint density at radius 2 is 1.97 bits per heavy atom. The fraction of sp³-hybridized carbons (Fsp3) is 0.130. The maximum Gasteiger partial charge on any atom is 0.257 e. The molecule has 29 heavy (non-hydrogen) atoms. The first kappa shape index (κ1) is 18.7. The average molecular weight is 388 g/mol. The number of halogens is 1. The highest BCUT2D eigenvalue weighted by molar-refractivity contribution is 6.31. The van der Waals surface area contributed by atoms with Gasteiger partial charge in [0.25, 0.3) is 5.91 Å². The van der Waals surface area contributed by atoms with Crippen LogP contribution in [0.1, 0.15) is 11.3 Å². The second-order valence-electron chi connectivity index (χ2n) is 6.89. The zero-order valence-electron chi connectivity index (χ0n) is 16.0. The Morgan fingerprint density at radius 3 is 2.72 bits per heavy atom. The van der Waals surface area contributed by atoms with E-state index in [1.54, 1.807) is 12.3 Å². The van der Waals surface area contributed by atoms with Gasteiger partial charge in [-0.3, -0.25) is 9.78 Å². The lowest BCUT2D eigenvalue weighted by Gasteiger charge is -2.19. The molecule has 0 unspecified atom stereocenters. The van der Waals surface area contributed by atoms with Crippen LogP contribution in [0.3, 0.4) is 0 Å². The van der Waals surface area contributed by atoms with Crippen molar-refractivity contribution in [2.24, 2.45) is 0 Å². The van der Waals surface area contributed by atoms with Gasteiger partial charge in [-0.15, -0.1) is 0 Å². The molecule has 0 saturated carbocycles. The van der Waals surface area contributed by atoms with Crippen molar-refractivity contribution in [3.05, 3.63) is 90.1 Å². The van der Waals surface area contributed by atoms with E-state index in [0.717, 1.165) is 30.0 Å². The summed E-state index contributed by atoms with van der Waals surface area (Å²) in [6.07, 6.45) is 4.29. The van der Waals surface area contributed by atoms with Crippen LogP contribution >= 0.6 is 0 Å². The molecule has 0 aliphatic carbocycles. The molecular formula is C23H21FN4O. The first-order valence-electron chi connectivity index (χ1n) is 9.39. The maximum absolute atomic E-state index is 13.5. The lowest BCUT2D eigenvalue weighted by molar-refractivity contribution is -0.110. The molecule has 1 aliphatic heterocycles. The van der Waals surface area contributed by atoms with E-state index in [2.05, 4.69) is 20.5 Å². The molecule has 1 aliphatic rings. The second-order valence-corrected chi connectivity index (χ2v) is 6.89. The molecule has 0 atom stereocenters. The van der Waals surface area contributed by atoms with Crippen molar-refractivity contribution in [1.82, 2.24) is 4.98 Å². The fourth-order valence-corrected chi connectivity index (χ4v) is 3.23. The number of rotatable bonds is 6. The fourth-order valence-electron chi connectivity index (χ4n) is 3.23. The molecule has 2 N–H and O–H groups in total. The quantitative estimate of drug-likeness (QED) is 0.618. The minimum Gasteiger partial charge on any atom is -0.374 e. The predicted octanol–water partition coefficient (Wildman–Crippen LogP) is 4.30. The summed E-state index contributed by atoms with van der Waals surface area (Å²) in [4.78, 5) is 18.7. The highest BCUT2D eigenvalue weighted by Crippen LogP contribution is 2.32. The summed E-state index contributed by atoms with van der Waals surface area (Å²) in [5.41, 5.74) is 4.59. The number of benzene rings is 2. The highest BCUT2D eigenvalue weighted by Gasteiger charge is 2.24. The second kappa shape index (κ2) is 8.14.